The van der Waals surface area contributed by atoms with Crippen molar-refractivity contribution in [3.63, 3.8) is 0 Å². The number of carbonyl (C=O) groups is 1. The lowest BCUT2D eigenvalue weighted by Crippen LogP contribution is -2.44. The number of alkyl halides is 1. The Kier molecular flexibility index (Phi) is 5.30. The van der Waals surface area contributed by atoms with Gasteiger partial charge in [0.1, 0.15) is 11.6 Å². The van der Waals surface area contributed by atoms with E-state index in [1.165, 1.54) is 0 Å². The SMILES string of the molecule is C/C=C/N1CCN(c2ccc(OC(=O)CCl)cc2)CC1. The molecular formula is C15H19ClN2O2. The van der Waals surface area contributed by atoms with Crippen LogP contribution in [0.5, 0.6) is 5.75 Å². The molecular weight excluding hydrogens is 276 g/mol. The smallest absolute Gasteiger partial charge is 0.326 e. The van der Waals surface area contributed by atoms with Crippen LogP contribution in [0, 0.1) is 0 Å². The number of benzene rings is 1. The van der Waals surface area contributed by atoms with Crippen molar-refractivity contribution in [3.8, 4) is 5.75 Å². The first-order valence-electron chi connectivity index (χ1n) is 6.71. The maximum absolute atomic E-state index is 11.1. The summed E-state index contributed by atoms with van der Waals surface area (Å²) in [6.45, 7) is 6.06. The highest BCUT2D eigenvalue weighted by Gasteiger charge is 2.14. The van der Waals surface area contributed by atoms with E-state index in [2.05, 4.69) is 22.1 Å². The Bertz CT molecular complexity index is 465. The van der Waals surface area contributed by atoms with Crippen LogP contribution in [0.15, 0.2) is 36.5 Å². The largest absolute Gasteiger partial charge is 0.426 e. The minimum atomic E-state index is -0.431. The molecule has 5 heteroatoms. The molecule has 1 heterocycles. The molecule has 0 bridgehead atoms. The molecule has 1 saturated heterocycles. The van der Waals surface area contributed by atoms with Crippen LogP contribution in [-0.2, 0) is 4.79 Å². The van der Waals surface area contributed by atoms with Crippen LogP contribution < -0.4 is 9.64 Å². The van der Waals surface area contributed by atoms with E-state index < -0.39 is 5.97 Å². The van der Waals surface area contributed by atoms with Crippen LogP contribution >= 0.6 is 11.6 Å². The van der Waals surface area contributed by atoms with Gasteiger partial charge >= 0.3 is 5.97 Å². The van der Waals surface area contributed by atoms with E-state index in [4.69, 9.17) is 16.3 Å². The molecule has 1 aliphatic heterocycles. The number of piperazine rings is 1. The summed E-state index contributed by atoms with van der Waals surface area (Å²) in [6, 6.07) is 7.56. The molecule has 0 atom stereocenters. The van der Waals surface area contributed by atoms with Gasteiger partial charge in [-0.05, 0) is 37.4 Å². The van der Waals surface area contributed by atoms with Crippen LogP contribution in [0.1, 0.15) is 6.92 Å². The Hall–Kier alpha value is -1.68. The standard InChI is InChI=1S/C15H19ClN2O2/c1-2-7-17-8-10-18(11-9-17)13-3-5-14(6-4-13)20-15(19)12-16/h2-7H,8-12H2,1H3/b7-2+. The molecule has 2 rings (SSSR count). The van der Waals surface area contributed by atoms with E-state index in [9.17, 15) is 4.79 Å². The molecule has 1 aromatic carbocycles. The minimum Gasteiger partial charge on any atom is -0.426 e. The number of anilines is 1. The lowest BCUT2D eigenvalue weighted by molar-refractivity contribution is -0.131. The minimum absolute atomic E-state index is 0.130. The Morgan fingerprint density at radius 2 is 1.90 bits per heavy atom. The molecule has 4 nitrogen and oxygen atoms in total. The normalized spacial score (nSPS) is 15.7. The van der Waals surface area contributed by atoms with Gasteiger partial charge in [-0.15, -0.1) is 11.6 Å². The summed E-state index contributed by atoms with van der Waals surface area (Å²) >= 11 is 5.40. The van der Waals surface area contributed by atoms with Crippen molar-refractivity contribution in [3.05, 3.63) is 36.5 Å². The third kappa shape index (κ3) is 3.90. The Labute approximate surface area is 124 Å². The maximum Gasteiger partial charge on any atom is 0.326 e. The molecule has 1 fully saturated rings. The van der Waals surface area contributed by atoms with E-state index in [1.807, 2.05) is 19.1 Å². The zero-order valence-corrected chi connectivity index (χ0v) is 12.3. The molecule has 0 N–H and O–H groups in total. The topological polar surface area (TPSA) is 32.8 Å². The summed E-state index contributed by atoms with van der Waals surface area (Å²) in [7, 11) is 0. The number of ether oxygens (including phenoxy) is 1. The second-order valence-electron chi connectivity index (χ2n) is 4.61. The van der Waals surface area contributed by atoms with Crippen molar-refractivity contribution in [1.82, 2.24) is 4.90 Å². The van der Waals surface area contributed by atoms with E-state index in [0.717, 1.165) is 31.9 Å². The fraction of sp³-hybridized carbons (Fsp3) is 0.400. The molecule has 20 heavy (non-hydrogen) atoms. The van der Waals surface area contributed by atoms with Gasteiger partial charge in [0.05, 0.1) is 0 Å². The van der Waals surface area contributed by atoms with Gasteiger partial charge in [0.2, 0.25) is 0 Å². The number of carbonyl (C=O) groups excluding carboxylic acids is 1. The summed E-state index contributed by atoms with van der Waals surface area (Å²) in [4.78, 5) is 15.7. The molecule has 1 aliphatic rings. The van der Waals surface area contributed by atoms with Crippen molar-refractivity contribution >= 4 is 23.3 Å². The van der Waals surface area contributed by atoms with E-state index >= 15 is 0 Å². The number of hydrogen-bond acceptors (Lipinski definition) is 4. The molecule has 108 valence electrons. The fourth-order valence-corrected chi connectivity index (χ4v) is 2.28. The van der Waals surface area contributed by atoms with Gasteiger partial charge < -0.3 is 14.5 Å². The number of halogens is 1. The van der Waals surface area contributed by atoms with Gasteiger partial charge in [-0.3, -0.25) is 4.79 Å². The zero-order valence-electron chi connectivity index (χ0n) is 11.6. The highest BCUT2D eigenvalue weighted by Crippen LogP contribution is 2.21. The number of rotatable bonds is 4. The first-order chi connectivity index (χ1) is 9.72. The van der Waals surface area contributed by atoms with Crippen molar-refractivity contribution < 1.29 is 9.53 Å². The summed E-state index contributed by atoms with van der Waals surface area (Å²) in [6.07, 6.45) is 4.20. The molecule has 0 aliphatic carbocycles. The molecule has 0 aromatic heterocycles. The maximum atomic E-state index is 11.1. The Morgan fingerprint density at radius 3 is 2.45 bits per heavy atom. The zero-order chi connectivity index (χ0) is 14.4. The predicted molar refractivity (Wildman–Crippen MR) is 81.4 cm³/mol. The van der Waals surface area contributed by atoms with Gasteiger partial charge in [-0.25, -0.2) is 0 Å². The molecule has 0 radical (unpaired) electrons. The first-order valence-corrected chi connectivity index (χ1v) is 7.25. The lowest BCUT2D eigenvalue weighted by atomic mass is 10.2. The second kappa shape index (κ2) is 7.20. The molecule has 0 saturated carbocycles. The van der Waals surface area contributed by atoms with Crippen LogP contribution in [-0.4, -0.2) is 42.9 Å². The van der Waals surface area contributed by atoms with E-state index in [0.29, 0.717) is 5.75 Å². The van der Waals surface area contributed by atoms with Gasteiger partial charge in [-0.1, -0.05) is 6.08 Å². The summed E-state index contributed by atoms with van der Waals surface area (Å²) in [5, 5.41) is 0. The highest BCUT2D eigenvalue weighted by molar-refractivity contribution is 6.26. The average Bonchev–Trinajstić information content (AvgIpc) is 2.49. The number of hydrogen-bond donors (Lipinski definition) is 0. The molecule has 0 amide bonds. The lowest BCUT2D eigenvalue weighted by Gasteiger charge is -2.35. The monoisotopic (exact) mass is 294 g/mol. The number of nitrogens with zero attached hydrogens (tertiary/aromatic N) is 2. The van der Waals surface area contributed by atoms with Crippen LogP contribution in [0.2, 0.25) is 0 Å². The summed E-state index contributed by atoms with van der Waals surface area (Å²) < 4.78 is 5.05. The Morgan fingerprint density at radius 1 is 1.25 bits per heavy atom. The average molecular weight is 295 g/mol. The summed E-state index contributed by atoms with van der Waals surface area (Å²) in [5.41, 5.74) is 1.15. The quantitative estimate of drug-likeness (QED) is 0.485. The third-order valence-corrected chi connectivity index (χ3v) is 3.44. The molecule has 0 spiro atoms. The van der Waals surface area contributed by atoms with Crippen LogP contribution in [0.3, 0.4) is 0 Å². The van der Waals surface area contributed by atoms with Crippen molar-refractivity contribution in [2.45, 2.75) is 6.92 Å². The number of allylic oxidation sites excluding steroid dienone is 1. The number of esters is 1. The van der Waals surface area contributed by atoms with Crippen molar-refractivity contribution in [1.29, 1.82) is 0 Å². The fourth-order valence-electron chi connectivity index (χ4n) is 2.22. The van der Waals surface area contributed by atoms with Crippen molar-refractivity contribution in [2.75, 3.05) is 37.0 Å². The van der Waals surface area contributed by atoms with Crippen LogP contribution in [0.25, 0.3) is 0 Å². The van der Waals surface area contributed by atoms with Crippen molar-refractivity contribution in [2.24, 2.45) is 0 Å². The molecule has 0 unspecified atom stereocenters. The van der Waals surface area contributed by atoms with Gasteiger partial charge in [0.15, 0.2) is 0 Å². The van der Waals surface area contributed by atoms with E-state index in [-0.39, 0.29) is 5.88 Å². The summed E-state index contributed by atoms with van der Waals surface area (Å²) in [5.74, 6) is -0.0272. The molecule has 1 aromatic rings. The van der Waals surface area contributed by atoms with Gasteiger partial charge in [-0.2, -0.15) is 0 Å². The van der Waals surface area contributed by atoms with Crippen LogP contribution in [0.4, 0.5) is 5.69 Å². The Balaban J connectivity index is 1.92. The third-order valence-electron chi connectivity index (χ3n) is 3.22. The second-order valence-corrected chi connectivity index (χ2v) is 4.87. The first kappa shape index (κ1) is 14.7. The predicted octanol–water partition coefficient (Wildman–Crippen LogP) is 2.49. The van der Waals surface area contributed by atoms with Gasteiger partial charge in [0, 0.05) is 31.9 Å². The van der Waals surface area contributed by atoms with Gasteiger partial charge in [0.25, 0.3) is 0 Å². The highest BCUT2D eigenvalue weighted by atomic mass is 35.5. The van der Waals surface area contributed by atoms with E-state index in [1.54, 1.807) is 12.1 Å².